The Hall–Kier alpha value is -6.61. The van der Waals surface area contributed by atoms with Gasteiger partial charge in [0, 0.05) is 91.8 Å². The highest BCUT2D eigenvalue weighted by molar-refractivity contribution is 5.93. The van der Waals surface area contributed by atoms with Crippen LogP contribution in [0.15, 0.2) is 67.0 Å². The number of aliphatic hydroxyl groups excluding tert-OH is 1. The summed E-state index contributed by atoms with van der Waals surface area (Å²) >= 11 is 0. The summed E-state index contributed by atoms with van der Waals surface area (Å²) in [6.07, 6.45) is 13.6. The van der Waals surface area contributed by atoms with Gasteiger partial charge < -0.3 is 51.2 Å². The average molecular weight is 937 g/mol. The van der Waals surface area contributed by atoms with Crippen LogP contribution >= 0.6 is 0 Å². The molecule has 17 nitrogen and oxygen atoms in total. The molecule has 3 aromatic heterocycles. The van der Waals surface area contributed by atoms with Crippen molar-refractivity contribution in [1.29, 1.82) is 0 Å². The molecule has 2 aromatic carbocycles. The Morgan fingerprint density at radius 3 is 2.41 bits per heavy atom. The zero-order valence-corrected chi connectivity index (χ0v) is 39.8. The largest absolute Gasteiger partial charge is 0.507 e. The molecular formula is C52H64N12O5. The monoisotopic (exact) mass is 937 g/mol. The van der Waals surface area contributed by atoms with E-state index < -0.39 is 29.5 Å². The van der Waals surface area contributed by atoms with Crippen molar-refractivity contribution in [2.24, 2.45) is 11.1 Å². The lowest BCUT2D eigenvalue weighted by Crippen LogP contribution is -2.61. The van der Waals surface area contributed by atoms with Gasteiger partial charge in [-0.05, 0) is 111 Å². The molecule has 4 atom stereocenters. The maximum atomic E-state index is 14.4. The van der Waals surface area contributed by atoms with E-state index in [2.05, 4.69) is 48.5 Å². The minimum absolute atomic E-state index is 0.00388. The van der Waals surface area contributed by atoms with Crippen molar-refractivity contribution in [3.63, 3.8) is 0 Å². The van der Waals surface area contributed by atoms with Gasteiger partial charge in [-0.3, -0.25) is 9.59 Å². The van der Waals surface area contributed by atoms with Crippen molar-refractivity contribution < 1.29 is 24.6 Å². The van der Waals surface area contributed by atoms with Gasteiger partial charge in [0.05, 0.1) is 17.8 Å². The number of para-hydroxylation sites is 1. The lowest BCUT2D eigenvalue weighted by molar-refractivity contribution is -0.142. The van der Waals surface area contributed by atoms with E-state index in [0.717, 1.165) is 90.7 Å². The number of phenols is 1. The molecule has 0 radical (unpaired) electrons. The van der Waals surface area contributed by atoms with Crippen LogP contribution in [0.2, 0.25) is 0 Å². The molecule has 0 saturated carbocycles. The van der Waals surface area contributed by atoms with E-state index in [0.29, 0.717) is 55.2 Å². The minimum Gasteiger partial charge on any atom is -0.507 e. The number of piperidine rings is 2. The summed E-state index contributed by atoms with van der Waals surface area (Å²) in [6, 6.07) is 14.6. The fraction of sp³-hybridized carbons (Fsp3) is 0.481. The van der Waals surface area contributed by atoms with E-state index in [1.165, 1.54) is 4.90 Å². The van der Waals surface area contributed by atoms with Crippen molar-refractivity contribution >= 4 is 34.8 Å². The number of fused-ring (bicyclic) bond motifs is 3. The number of anilines is 1. The second-order valence-corrected chi connectivity index (χ2v) is 19.9. The lowest BCUT2D eigenvalue weighted by atomic mass is 9.80. The summed E-state index contributed by atoms with van der Waals surface area (Å²) in [4.78, 5) is 63.2. The number of nitrogens with zero attached hydrogens (tertiary/aromatic N) is 8. The number of nitrogens with one attached hydrogen (secondary N) is 3. The first-order valence-electron chi connectivity index (χ1n) is 24.4. The fourth-order valence-electron chi connectivity index (χ4n) is 11.0. The zero-order valence-electron chi connectivity index (χ0n) is 39.8. The van der Waals surface area contributed by atoms with Crippen molar-refractivity contribution in [2.45, 2.75) is 108 Å². The summed E-state index contributed by atoms with van der Waals surface area (Å²) in [5.74, 6) is 3.02. The summed E-state index contributed by atoms with van der Waals surface area (Å²) < 4.78 is 0. The smallest absolute Gasteiger partial charge is 0.318 e. The number of aromatic amines is 1. The summed E-state index contributed by atoms with van der Waals surface area (Å²) in [6.45, 7) is 10.3. The first-order chi connectivity index (χ1) is 33.3. The molecule has 0 spiro atoms. The first kappa shape index (κ1) is 47.5. The van der Waals surface area contributed by atoms with Crippen LogP contribution in [0, 0.1) is 17.8 Å². The maximum Gasteiger partial charge on any atom is 0.318 e. The molecule has 0 aliphatic carbocycles. The SMILES string of the molecule is C#Cc1ccc(CNC(=O)[C@@H]2C[C@@H](O)CN2C(=O)[C@@H](NC(=O)N2CCC(N3CCC(c4cnc(N5CCc6[nH]c7nnc(-c8ccccc8O)cc7c6[C@H]5C)nc4)CC3)CC2)C(C)(C)CCN)cc1. The number of carbonyl (C=O) groups is 3. The van der Waals surface area contributed by atoms with Crippen molar-refractivity contribution in [3.05, 3.63) is 94.9 Å². The van der Waals surface area contributed by atoms with Gasteiger partial charge in [0.2, 0.25) is 17.8 Å². The van der Waals surface area contributed by atoms with E-state index >= 15 is 0 Å². The van der Waals surface area contributed by atoms with Crippen LogP contribution in [-0.4, -0.2) is 138 Å². The third-order valence-electron chi connectivity index (χ3n) is 15.1. The van der Waals surface area contributed by atoms with Gasteiger partial charge in [-0.2, -0.15) is 0 Å². The highest BCUT2D eigenvalue weighted by Gasteiger charge is 2.46. The molecule has 0 unspecified atom stereocenters. The fourth-order valence-corrected chi connectivity index (χ4v) is 11.0. The van der Waals surface area contributed by atoms with E-state index in [9.17, 15) is 24.6 Å². The molecule has 69 heavy (non-hydrogen) atoms. The molecule has 4 aliphatic rings. The van der Waals surface area contributed by atoms with Gasteiger partial charge in [-0.1, -0.05) is 44.0 Å². The van der Waals surface area contributed by atoms with Gasteiger partial charge in [-0.25, -0.2) is 14.8 Å². The number of hydrogen-bond donors (Lipinski definition) is 6. The molecule has 7 N–H and O–H groups in total. The second-order valence-electron chi connectivity index (χ2n) is 19.9. The van der Waals surface area contributed by atoms with Crippen molar-refractivity contribution in [1.82, 2.24) is 50.5 Å². The van der Waals surface area contributed by atoms with Crippen LogP contribution in [0.5, 0.6) is 5.75 Å². The van der Waals surface area contributed by atoms with Crippen LogP contribution in [0.4, 0.5) is 10.7 Å². The summed E-state index contributed by atoms with van der Waals surface area (Å²) in [5.41, 5.74) is 12.3. The third-order valence-corrected chi connectivity index (χ3v) is 15.1. The number of aromatic hydroxyl groups is 1. The third kappa shape index (κ3) is 9.97. The number of carbonyl (C=O) groups excluding carboxylic acids is 3. The number of benzene rings is 2. The quantitative estimate of drug-likeness (QED) is 0.0946. The molecule has 0 bridgehead atoms. The Kier molecular flexibility index (Phi) is 13.9. The number of terminal acetylenes is 1. The predicted molar refractivity (Wildman–Crippen MR) is 263 cm³/mol. The van der Waals surface area contributed by atoms with E-state index in [1.54, 1.807) is 29.2 Å². The van der Waals surface area contributed by atoms with E-state index in [1.807, 2.05) is 56.6 Å². The number of aromatic nitrogens is 5. The van der Waals surface area contributed by atoms with Gasteiger partial charge in [-0.15, -0.1) is 16.6 Å². The average Bonchev–Trinajstić information content (AvgIpc) is 3.95. The number of urea groups is 1. The molecule has 17 heteroatoms. The maximum absolute atomic E-state index is 14.4. The number of hydrogen-bond acceptors (Lipinski definition) is 12. The van der Waals surface area contributed by atoms with Gasteiger partial charge >= 0.3 is 6.03 Å². The molecule has 4 aliphatic heterocycles. The Balaban J connectivity index is 0.773. The number of likely N-dealkylation sites (tertiary alicyclic amines) is 3. The van der Waals surface area contributed by atoms with Crippen LogP contribution < -0.4 is 21.3 Å². The molecule has 9 rings (SSSR count). The van der Waals surface area contributed by atoms with Crippen molar-refractivity contribution in [3.8, 4) is 29.4 Å². The van der Waals surface area contributed by atoms with Crippen LogP contribution in [-0.2, 0) is 22.6 Å². The standard InChI is InChI=1S/C52H64N12O5/c1-5-33-10-12-34(13-11-33)28-54-48(67)43-26-38(65)31-64(43)49(68)46(52(3,4)19-20-53)58-51(69)62-23-16-37(17-24-62)61-21-14-35(15-22-61)36-29-55-50(56-30-36)63-25-18-41-45(32(63)2)40-27-42(59-60-47(40)57-41)39-8-6-7-9-44(39)66/h1,6-13,27,29-30,32,35,37-38,43,46,65-66H,14-26,28,31,53H2,2-4H3,(H,54,67)(H,57,60)(H,58,69)/t32-,38-,43+,46-/m1/s1. The summed E-state index contributed by atoms with van der Waals surface area (Å²) in [5, 5.41) is 37.0. The lowest BCUT2D eigenvalue weighted by Gasteiger charge is -2.43. The van der Waals surface area contributed by atoms with Gasteiger partial charge in [0.25, 0.3) is 0 Å². The Morgan fingerprint density at radius 2 is 1.71 bits per heavy atom. The molecule has 7 heterocycles. The van der Waals surface area contributed by atoms with Crippen molar-refractivity contribution in [2.75, 3.05) is 50.7 Å². The number of nitrogens with two attached hydrogens (primary N) is 1. The first-order valence-corrected chi connectivity index (χ1v) is 24.4. The van der Waals surface area contributed by atoms with Crippen LogP contribution in [0.1, 0.15) is 99.2 Å². The number of phenolic OH excluding ortho intramolecular Hbond substituents is 1. The Labute approximate surface area is 403 Å². The van der Waals surface area contributed by atoms with E-state index in [4.69, 9.17) is 22.1 Å². The van der Waals surface area contributed by atoms with Crippen LogP contribution in [0.3, 0.4) is 0 Å². The normalized spacial score (nSPS) is 20.9. The van der Waals surface area contributed by atoms with Gasteiger partial charge in [0.1, 0.15) is 17.8 Å². The highest BCUT2D eigenvalue weighted by atomic mass is 16.3. The number of rotatable bonds is 12. The molecular weight excluding hydrogens is 873 g/mol. The van der Waals surface area contributed by atoms with Crippen LogP contribution in [0.25, 0.3) is 22.3 Å². The topological polar surface area (TPSA) is 222 Å². The Morgan fingerprint density at radius 1 is 0.986 bits per heavy atom. The molecule has 3 fully saturated rings. The molecule has 3 saturated heterocycles. The predicted octanol–water partition coefficient (Wildman–Crippen LogP) is 4.60. The number of aliphatic hydroxyl groups is 1. The number of amides is 4. The Bertz CT molecular complexity index is 2690. The molecule has 4 amide bonds. The molecule has 5 aromatic rings. The second kappa shape index (κ2) is 20.2. The van der Waals surface area contributed by atoms with Gasteiger partial charge in [0.15, 0.2) is 5.65 Å². The summed E-state index contributed by atoms with van der Waals surface area (Å²) in [7, 11) is 0. The van der Waals surface area contributed by atoms with E-state index in [-0.39, 0.29) is 43.2 Å². The molecule has 362 valence electrons. The number of H-pyrrole nitrogens is 1. The zero-order chi connectivity index (χ0) is 48.4. The number of β-amino-alcohol motifs (C(OH)–C–C–N with tert-alkyl or cyclic N) is 1. The highest BCUT2D eigenvalue weighted by Crippen LogP contribution is 2.39. The minimum atomic E-state index is -0.961.